The summed E-state index contributed by atoms with van der Waals surface area (Å²) in [5, 5.41) is 19.6. The van der Waals surface area contributed by atoms with Crippen molar-refractivity contribution in [2.45, 2.75) is 16.7 Å². The molecule has 90 valence electrons. The first-order valence-corrected chi connectivity index (χ1v) is 5.84. The van der Waals surface area contributed by atoms with Crippen LogP contribution in [0.25, 0.3) is 0 Å². The number of nitriles is 1. The first kappa shape index (κ1) is 12.2. The van der Waals surface area contributed by atoms with Gasteiger partial charge < -0.3 is 4.42 Å². The van der Waals surface area contributed by atoms with E-state index in [1.165, 1.54) is 23.9 Å². The van der Waals surface area contributed by atoms with Crippen LogP contribution in [0, 0.1) is 28.4 Å². The van der Waals surface area contributed by atoms with Gasteiger partial charge in [0, 0.05) is 11.0 Å². The summed E-state index contributed by atoms with van der Waals surface area (Å²) < 4.78 is 5.15. The highest BCUT2D eigenvalue weighted by molar-refractivity contribution is 7.99. The molecule has 1 heterocycles. The largest absolute Gasteiger partial charge is 0.468 e. The van der Waals surface area contributed by atoms with E-state index in [2.05, 4.69) is 0 Å². The Labute approximate surface area is 107 Å². The van der Waals surface area contributed by atoms with Crippen LogP contribution in [0.5, 0.6) is 0 Å². The second-order valence-corrected chi connectivity index (χ2v) is 4.61. The van der Waals surface area contributed by atoms with E-state index in [-0.39, 0.29) is 11.3 Å². The fourth-order valence-electron chi connectivity index (χ4n) is 1.43. The molecule has 0 atom stereocenters. The van der Waals surface area contributed by atoms with Crippen molar-refractivity contribution in [1.29, 1.82) is 5.26 Å². The smallest absolute Gasteiger partial charge is 0.288 e. The fourth-order valence-corrected chi connectivity index (χ4v) is 2.30. The predicted octanol–water partition coefficient (Wildman–Crippen LogP) is 3.52. The number of rotatable bonds is 3. The lowest BCUT2D eigenvalue weighted by Gasteiger charge is -2.01. The van der Waals surface area contributed by atoms with Crippen molar-refractivity contribution in [2.24, 2.45) is 0 Å². The molecule has 18 heavy (non-hydrogen) atoms. The molecular formula is C12H8N2O3S. The zero-order valence-electron chi connectivity index (χ0n) is 9.41. The van der Waals surface area contributed by atoms with Crippen molar-refractivity contribution < 1.29 is 9.34 Å². The number of benzene rings is 1. The third kappa shape index (κ3) is 2.36. The van der Waals surface area contributed by atoms with Crippen molar-refractivity contribution in [2.75, 3.05) is 0 Å². The maximum Gasteiger partial charge on any atom is 0.288 e. The highest BCUT2D eigenvalue weighted by atomic mass is 32.2. The second kappa shape index (κ2) is 4.94. The molecule has 0 radical (unpaired) electrons. The first-order chi connectivity index (χ1) is 8.61. The van der Waals surface area contributed by atoms with E-state index < -0.39 is 4.92 Å². The van der Waals surface area contributed by atoms with Crippen LogP contribution in [0.4, 0.5) is 5.69 Å². The molecule has 0 aliphatic rings. The van der Waals surface area contributed by atoms with Gasteiger partial charge in [-0.15, -0.1) is 0 Å². The SMILES string of the molecule is Cc1occc1Sc1ccc(C#N)c([N+](=O)[O-])c1. The van der Waals surface area contributed by atoms with Crippen LogP contribution in [0.3, 0.4) is 0 Å². The van der Waals surface area contributed by atoms with Gasteiger partial charge in [-0.3, -0.25) is 10.1 Å². The molecule has 0 unspecified atom stereocenters. The molecule has 5 nitrogen and oxygen atoms in total. The van der Waals surface area contributed by atoms with Crippen LogP contribution in [-0.2, 0) is 0 Å². The van der Waals surface area contributed by atoms with Crippen LogP contribution >= 0.6 is 11.8 Å². The molecular weight excluding hydrogens is 252 g/mol. The number of nitro benzene ring substituents is 1. The average molecular weight is 260 g/mol. The molecule has 0 bridgehead atoms. The Kier molecular flexibility index (Phi) is 3.35. The zero-order valence-corrected chi connectivity index (χ0v) is 10.2. The average Bonchev–Trinajstić information content (AvgIpc) is 2.75. The van der Waals surface area contributed by atoms with Crippen LogP contribution in [0.1, 0.15) is 11.3 Å². The summed E-state index contributed by atoms with van der Waals surface area (Å²) in [6.07, 6.45) is 1.57. The molecule has 0 aliphatic carbocycles. The lowest BCUT2D eigenvalue weighted by molar-refractivity contribution is -0.385. The topological polar surface area (TPSA) is 80.1 Å². The highest BCUT2D eigenvalue weighted by Crippen LogP contribution is 2.33. The van der Waals surface area contributed by atoms with E-state index >= 15 is 0 Å². The number of hydrogen-bond acceptors (Lipinski definition) is 5. The molecule has 0 N–H and O–H groups in total. The molecule has 0 saturated carbocycles. The van der Waals surface area contributed by atoms with Crippen molar-refractivity contribution in [3.8, 4) is 6.07 Å². The molecule has 0 spiro atoms. The monoisotopic (exact) mass is 260 g/mol. The van der Waals surface area contributed by atoms with Crippen LogP contribution < -0.4 is 0 Å². The second-order valence-electron chi connectivity index (χ2n) is 3.49. The number of nitro groups is 1. The minimum absolute atomic E-state index is 0.0632. The molecule has 1 aromatic heterocycles. The Morgan fingerprint density at radius 1 is 1.44 bits per heavy atom. The van der Waals surface area contributed by atoms with Gasteiger partial charge in [-0.25, -0.2) is 0 Å². The summed E-state index contributed by atoms with van der Waals surface area (Å²) >= 11 is 1.36. The zero-order chi connectivity index (χ0) is 13.1. The number of aryl methyl sites for hydroxylation is 1. The van der Waals surface area contributed by atoms with Gasteiger partial charge in [0.2, 0.25) is 0 Å². The van der Waals surface area contributed by atoms with E-state index in [9.17, 15) is 10.1 Å². The third-order valence-electron chi connectivity index (χ3n) is 2.33. The summed E-state index contributed by atoms with van der Waals surface area (Å²) in [6.45, 7) is 1.82. The first-order valence-electron chi connectivity index (χ1n) is 5.02. The lowest BCUT2D eigenvalue weighted by atomic mass is 10.2. The molecule has 2 rings (SSSR count). The summed E-state index contributed by atoms with van der Waals surface area (Å²) in [7, 11) is 0. The van der Waals surface area contributed by atoms with Gasteiger partial charge in [-0.05, 0) is 25.1 Å². The van der Waals surface area contributed by atoms with E-state index in [0.29, 0.717) is 4.90 Å². The van der Waals surface area contributed by atoms with Gasteiger partial charge in [-0.1, -0.05) is 11.8 Å². The van der Waals surface area contributed by atoms with E-state index in [1.807, 2.05) is 6.92 Å². The Bertz CT molecular complexity index is 643. The highest BCUT2D eigenvalue weighted by Gasteiger charge is 2.15. The maximum atomic E-state index is 10.8. The predicted molar refractivity (Wildman–Crippen MR) is 65.4 cm³/mol. The standard InChI is InChI=1S/C12H8N2O3S/c1-8-12(4-5-17-8)18-10-3-2-9(7-13)11(6-10)14(15)16/h2-6H,1H3. The Hall–Kier alpha value is -2.26. The van der Waals surface area contributed by atoms with Crippen molar-refractivity contribution in [3.05, 3.63) is 52.0 Å². The number of furan rings is 1. The number of nitrogens with zero attached hydrogens (tertiary/aromatic N) is 2. The molecule has 0 saturated heterocycles. The third-order valence-corrected chi connectivity index (χ3v) is 3.46. The summed E-state index contributed by atoms with van der Waals surface area (Å²) in [5.74, 6) is 0.756. The summed E-state index contributed by atoms with van der Waals surface area (Å²) in [6, 6.07) is 8.14. The van der Waals surface area contributed by atoms with Crippen molar-refractivity contribution >= 4 is 17.4 Å². The molecule has 2 aromatic rings. The Morgan fingerprint density at radius 2 is 2.22 bits per heavy atom. The normalized spacial score (nSPS) is 10.0. The lowest BCUT2D eigenvalue weighted by Crippen LogP contribution is -1.92. The Morgan fingerprint density at radius 3 is 2.78 bits per heavy atom. The van der Waals surface area contributed by atoms with Gasteiger partial charge in [0.15, 0.2) is 0 Å². The van der Waals surface area contributed by atoms with Crippen molar-refractivity contribution in [1.82, 2.24) is 0 Å². The molecule has 1 aromatic carbocycles. The van der Waals surface area contributed by atoms with Crippen LogP contribution in [0.2, 0.25) is 0 Å². The van der Waals surface area contributed by atoms with E-state index in [4.69, 9.17) is 9.68 Å². The van der Waals surface area contributed by atoms with E-state index in [0.717, 1.165) is 10.7 Å². The van der Waals surface area contributed by atoms with Crippen LogP contribution in [-0.4, -0.2) is 4.92 Å². The quantitative estimate of drug-likeness (QED) is 0.623. The van der Waals surface area contributed by atoms with Gasteiger partial charge in [0.1, 0.15) is 17.4 Å². The minimum Gasteiger partial charge on any atom is -0.468 e. The maximum absolute atomic E-state index is 10.8. The van der Waals surface area contributed by atoms with Crippen molar-refractivity contribution in [3.63, 3.8) is 0 Å². The number of hydrogen-bond donors (Lipinski definition) is 0. The molecule has 6 heteroatoms. The van der Waals surface area contributed by atoms with Gasteiger partial charge in [-0.2, -0.15) is 5.26 Å². The molecule has 0 amide bonds. The molecule has 0 fully saturated rings. The Balaban J connectivity index is 2.36. The summed E-state index contributed by atoms with van der Waals surface area (Å²) in [4.78, 5) is 11.9. The van der Waals surface area contributed by atoms with Gasteiger partial charge in [0.05, 0.1) is 16.1 Å². The summed E-state index contributed by atoms with van der Waals surface area (Å²) in [5.41, 5.74) is -0.114. The fraction of sp³-hybridized carbons (Fsp3) is 0.0833. The minimum atomic E-state index is -0.551. The van der Waals surface area contributed by atoms with Gasteiger partial charge in [0.25, 0.3) is 5.69 Å². The van der Waals surface area contributed by atoms with Gasteiger partial charge >= 0.3 is 0 Å². The van der Waals surface area contributed by atoms with E-state index in [1.54, 1.807) is 24.5 Å². The van der Waals surface area contributed by atoms with Crippen LogP contribution in [0.15, 0.2) is 44.7 Å². The molecule has 0 aliphatic heterocycles.